The van der Waals surface area contributed by atoms with E-state index in [0.29, 0.717) is 24.0 Å². The van der Waals surface area contributed by atoms with Gasteiger partial charge in [0.2, 0.25) is 0 Å². The van der Waals surface area contributed by atoms with Crippen LogP contribution in [0.4, 0.5) is 5.69 Å². The third-order valence-electron chi connectivity index (χ3n) is 4.31. The van der Waals surface area contributed by atoms with Crippen LogP contribution in [0.25, 0.3) is 0 Å². The Kier molecular flexibility index (Phi) is 5.67. The average Bonchev–Trinajstić information content (AvgIpc) is 3.08. The third-order valence-corrected chi connectivity index (χ3v) is 4.31. The molecule has 3 N–H and O–H groups in total. The highest BCUT2D eigenvalue weighted by molar-refractivity contribution is 5.93. The summed E-state index contributed by atoms with van der Waals surface area (Å²) in [5.74, 6) is -0.0278. The van der Waals surface area contributed by atoms with Gasteiger partial charge < -0.3 is 20.5 Å². The predicted octanol–water partition coefficient (Wildman–Crippen LogP) is 2.08. The van der Waals surface area contributed by atoms with Crippen LogP contribution in [-0.2, 0) is 6.54 Å². The van der Waals surface area contributed by atoms with E-state index >= 15 is 0 Å². The van der Waals surface area contributed by atoms with Gasteiger partial charge in [-0.05, 0) is 32.4 Å². The summed E-state index contributed by atoms with van der Waals surface area (Å²) in [6.45, 7) is 4.50. The average molecular weight is 292 g/mol. The van der Waals surface area contributed by atoms with Crippen LogP contribution in [0.3, 0.4) is 0 Å². The zero-order valence-corrected chi connectivity index (χ0v) is 13.3. The van der Waals surface area contributed by atoms with E-state index in [-0.39, 0.29) is 5.91 Å². The first-order valence-electron chi connectivity index (χ1n) is 8.06. The van der Waals surface area contributed by atoms with Gasteiger partial charge in [0.1, 0.15) is 5.69 Å². The Morgan fingerprint density at radius 3 is 2.86 bits per heavy atom. The minimum Gasteiger partial charge on any atom is -0.397 e. The standard InChI is InChI=1S/C16H28N4O/c1-3-9-20-12-13(17)11-15(20)16(21)18-8-10-19(2)14-6-4-5-7-14/h11-12,14H,3-10,17H2,1-2H3,(H,18,21). The molecule has 0 spiro atoms. The molecule has 1 saturated carbocycles. The Morgan fingerprint density at radius 2 is 2.19 bits per heavy atom. The van der Waals surface area contributed by atoms with Crippen LogP contribution < -0.4 is 11.1 Å². The molecule has 1 aliphatic rings. The van der Waals surface area contributed by atoms with Crippen LogP contribution in [0, 0.1) is 0 Å². The largest absolute Gasteiger partial charge is 0.397 e. The van der Waals surface area contributed by atoms with Gasteiger partial charge in [0.05, 0.1) is 5.69 Å². The predicted molar refractivity (Wildman–Crippen MR) is 86.4 cm³/mol. The van der Waals surface area contributed by atoms with E-state index in [1.807, 2.05) is 10.8 Å². The molecule has 0 radical (unpaired) electrons. The normalized spacial score (nSPS) is 15.8. The van der Waals surface area contributed by atoms with Gasteiger partial charge >= 0.3 is 0 Å². The molecule has 1 aliphatic carbocycles. The molecule has 0 unspecified atom stereocenters. The highest BCUT2D eigenvalue weighted by Gasteiger charge is 2.19. The lowest BCUT2D eigenvalue weighted by Gasteiger charge is -2.23. The SMILES string of the molecule is CCCn1cc(N)cc1C(=O)NCCN(C)C1CCCC1. The number of nitrogens with zero attached hydrogens (tertiary/aromatic N) is 2. The number of nitrogen functional groups attached to an aromatic ring is 1. The van der Waals surface area contributed by atoms with Crippen molar-refractivity contribution >= 4 is 11.6 Å². The van der Waals surface area contributed by atoms with Crippen LogP contribution in [0.2, 0.25) is 0 Å². The first-order chi connectivity index (χ1) is 10.1. The number of aromatic nitrogens is 1. The van der Waals surface area contributed by atoms with E-state index < -0.39 is 0 Å². The molecular weight excluding hydrogens is 264 g/mol. The molecule has 0 bridgehead atoms. The molecule has 0 aliphatic heterocycles. The van der Waals surface area contributed by atoms with Crippen LogP contribution in [0.5, 0.6) is 0 Å². The van der Waals surface area contributed by atoms with Crippen molar-refractivity contribution in [2.45, 2.75) is 51.6 Å². The fourth-order valence-corrected chi connectivity index (χ4v) is 3.11. The number of amides is 1. The summed E-state index contributed by atoms with van der Waals surface area (Å²) in [5.41, 5.74) is 7.11. The number of nitrogens with two attached hydrogens (primary N) is 1. The van der Waals surface area contributed by atoms with E-state index in [4.69, 9.17) is 5.73 Å². The number of carbonyl (C=O) groups excluding carboxylic acids is 1. The second-order valence-corrected chi connectivity index (χ2v) is 6.03. The summed E-state index contributed by atoms with van der Waals surface area (Å²) in [5, 5.41) is 3.01. The minimum atomic E-state index is -0.0278. The molecule has 1 amide bonds. The number of likely N-dealkylation sites (N-methyl/N-ethyl adjacent to an activating group) is 1. The first kappa shape index (κ1) is 15.9. The minimum absolute atomic E-state index is 0.0278. The van der Waals surface area contributed by atoms with E-state index in [1.54, 1.807) is 6.07 Å². The fourth-order valence-electron chi connectivity index (χ4n) is 3.11. The molecule has 0 aromatic carbocycles. The molecule has 1 aromatic rings. The number of carbonyl (C=O) groups is 1. The van der Waals surface area contributed by atoms with Crippen molar-refractivity contribution in [1.29, 1.82) is 0 Å². The summed E-state index contributed by atoms with van der Waals surface area (Å²) in [4.78, 5) is 14.6. The second kappa shape index (κ2) is 7.50. The van der Waals surface area contributed by atoms with Crippen molar-refractivity contribution in [2.24, 2.45) is 0 Å². The smallest absolute Gasteiger partial charge is 0.268 e. The Labute approximate surface area is 127 Å². The number of anilines is 1. The third kappa shape index (κ3) is 4.24. The Morgan fingerprint density at radius 1 is 1.48 bits per heavy atom. The molecule has 1 aromatic heterocycles. The highest BCUT2D eigenvalue weighted by Crippen LogP contribution is 2.21. The molecule has 5 nitrogen and oxygen atoms in total. The number of nitrogens with one attached hydrogen (secondary N) is 1. The molecule has 2 rings (SSSR count). The summed E-state index contributed by atoms with van der Waals surface area (Å²) < 4.78 is 1.94. The van der Waals surface area contributed by atoms with Gasteiger partial charge in [-0.3, -0.25) is 4.79 Å². The summed E-state index contributed by atoms with van der Waals surface area (Å²) in [6.07, 6.45) is 8.08. The maximum atomic E-state index is 12.3. The lowest BCUT2D eigenvalue weighted by atomic mass is 10.2. The fraction of sp³-hybridized carbons (Fsp3) is 0.688. The van der Waals surface area contributed by atoms with Crippen molar-refractivity contribution in [3.8, 4) is 0 Å². The Bertz CT molecular complexity index is 463. The lowest BCUT2D eigenvalue weighted by molar-refractivity contribution is 0.0937. The van der Waals surface area contributed by atoms with E-state index in [0.717, 1.165) is 19.5 Å². The van der Waals surface area contributed by atoms with Crippen LogP contribution >= 0.6 is 0 Å². The van der Waals surface area contributed by atoms with E-state index in [9.17, 15) is 4.79 Å². The topological polar surface area (TPSA) is 63.3 Å². The number of hydrogen-bond acceptors (Lipinski definition) is 3. The molecule has 0 atom stereocenters. The van der Waals surface area contributed by atoms with Gasteiger partial charge in [-0.15, -0.1) is 0 Å². The number of hydrogen-bond donors (Lipinski definition) is 2. The van der Waals surface area contributed by atoms with Crippen molar-refractivity contribution < 1.29 is 4.79 Å². The molecule has 118 valence electrons. The molecule has 1 fully saturated rings. The summed E-state index contributed by atoms with van der Waals surface area (Å²) >= 11 is 0. The van der Waals surface area contributed by atoms with Crippen molar-refractivity contribution in [1.82, 2.24) is 14.8 Å². The summed E-state index contributed by atoms with van der Waals surface area (Å²) in [7, 11) is 2.15. The monoisotopic (exact) mass is 292 g/mol. The van der Waals surface area contributed by atoms with Gasteiger partial charge in [-0.2, -0.15) is 0 Å². The maximum absolute atomic E-state index is 12.3. The molecule has 1 heterocycles. The summed E-state index contributed by atoms with van der Waals surface area (Å²) in [6, 6.07) is 2.45. The van der Waals surface area contributed by atoms with E-state index in [1.165, 1.54) is 25.7 Å². The van der Waals surface area contributed by atoms with Crippen molar-refractivity contribution in [3.05, 3.63) is 18.0 Å². The van der Waals surface area contributed by atoms with Crippen molar-refractivity contribution in [2.75, 3.05) is 25.9 Å². The quantitative estimate of drug-likeness (QED) is 0.809. The lowest BCUT2D eigenvalue weighted by Crippen LogP contribution is -2.37. The highest BCUT2D eigenvalue weighted by atomic mass is 16.1. The molecule has 0 saturated heterocycles. The van der Waals surface area contributed by atoms with Gasteiger partial charge in [0.15, 0.2) is 0 Å². The van der Waals surface area contributed by atoms with Crippen LogP contribution in [-0.4, -0.2) is 41.6 Å². The van der Waals surface area contributed by atoms with Gasteiger partial charge in [0, 0.05) is 31.9 Å². The molecule has 5 heteroatoms. The van der Waals surface area contributed by atoms with Gasteiger partial charge in [-0.25, -0.2) is 0 Å². The van der Waals surface area contributed by atoms with Crippen LogP contribution in [0.1, 0.15) is 49.5 Å². The Hall–Kier alpha value is -1.49. The van der Waals surface area contributed by atoms with Gasteiger partial charge in [0.25, 0.3) is 5.91 Å². The van der Waals surface area contributed by atoms with Gasteiger partial charge in [-0.1, -0.05) is 19.8 Å². The molecular formula is C16H28N4O. The first-order valence-corrected chi connectivity index (χ1v) is 8.06. The van der Waals surface area contributed by atoms with E-state index in [2.05, 4.69) is 24.2 Å². The zero-order chi connectivity index (χ0) is 15.2. The number of rotatable bonds is 7. The zero-order valence-electron chi connectivity index (χ0n) is 13.3. The Balaban J connectivity index is 1.81. The van der Waals surface area contributed by atoms with Crippen molar-refractivity contribution in [3.63, 3.8) is 0 Å². The number of aryl methyl sites for hydroxylation is 1. The molecule has 21 heavy (non-hydrogen) atoms. The maximum Gasteiger partial charge on any atom is 0.268 e. The second-order valence-electron chi connectivity index (χ2n) is 6.03. The van der Waals surface area contributed by atoms with Crippen LogP contribution in [0.15, 0.2) is 12.3 Å².